The van der Waals surface area contributed by atoms with E-state index < -0.39 is 33.1 Å². The van der Waals surface area contributed by atoms with Gasteiger partial charge >= 0.3 is 0 Å². The first kappa shape index (κ1) is 25.7. The number of sulfone groups is 1. The standard InChI is InChI=1S/C25H27F2NO5S/c1-25(2,30)12-13-33-24-19(17-6-8-18(9-7-17)34(3,31)32)15-28-22(23(24)29)11-5-16-4-10-20(26)21(27)14-16/h4,6-10,14-15,22,30H,5,11-13H2,1-3H3. The van der Waals surface area contributed by atoms with Crippen molar-refractivity contribution in [3.05, 3.63) is 71.0 Å². The summed E-state index contributed by atoms with van der Waals surface area (Å²) in [7, 11) is -3.38. The Bertz CT molecular complexity index is 1230. The minimum Gasteiger partial charge on any atom is -0.489 e. The number of ether oxygens (including phenoxy) is 1. The number of hydrogen-bond acceptors (Lipinski definition) is 6. The number of dihydropyridines is 1. The van der Waals surface area contributed by atoms with Crippen molar-refractivity contribution in [3.8, 4) is 0 Å². The summed E-state index contributed by atoms with van der Waals surface area (Å²) >= 11 is 0. The van der Waals surface area contributed by atoms with Gasteiger partial charge in [0.25, 0.3) is 0 Å². The van der Waals surface area contributed by atoms with Crippen LogP contribution in [0.2, 0.25) is 0 Å². The number of aryl methyl sites for hydroxylation is 1. The van der Waals surface area contributed by atoms with Crippen molar-refractivity contribution < 1.29 is 31.8 Å². The lowest BCUT2D eigenvalue weighted by Gasteiger charge is -2.23. The van der Waals surface area contributed by atoms with Crippen molar-refractivity contribution in [3.63, 3.8) is 0 Å². The second-order valence-corrected chi connectivity index (χ2v) is 10.9. The first-order valence-corrected chi connectivity index (χ1v) is 12.7. The highest BCUT2D eigenvalue weighted by atomic mass is 32.2. The van der Waals surface area contributed by atoms with Crippen molar-refractivity contribution >= 4 is 27.4 Å². The van der Waals surface area contributed by atoms with Crippen LogP contribution in [0.3, 0.4) is 0 Å². The van der Waals surface area contributed by atoms with E-state index in [-0.39, 0.29) is 35.9 Å². The third-order valence-corrected chi connectivity index (χ3v) is 6.53. The number of halogens is 2. The van der Waals surface area contributed by atoms with E-state index in [1.807, 2.05) is 0 Å². The Labute approximate surface area is 197 Å². The number of carbonyl (C=O) groups excluding carboxylic acids is 1. The van der Waals surface area contributed by atoms with Gasteiger partial charge in [0.05, 0.1) is 17.1 Å². The summed E-state index contributed by atoms with van der Waals surface area (Å²) in [5.74, 6) is -2.19. The molecule has 1 N–H and O–H groups in total. The molecule has 1 aliphatic heterocycles. The zero-order chi connectivity index (χ0) is 25.1. The Kier molecular flexibility index (Phi) is 7.67. The lowest BCUT2D eigenvalue weighted by atomic mass is 9.94. The van der Waals surface area contributed by atoms with Gasteiger partial charge in [-0.25, -0.2) is 17.2 Å². The van der Waals surface area contributed by atoms with Crippen LogP contribution in [0.25, 0.3) is 5.57 Å². The van der Waals surface area contributed by atoms with Crippen LogP contribution in [-0.2, 0) is 25.8 Å². The van der Waals surface area contributed by atoms with E-state index in [0.29, 0.717) is 23.1 Å². The Hall–Kier alpha value is -2.91. The molecule has 2 aromatic carbocycles. The molecule has 0 fully saturated rings. The van der Waals surface area contributed by atoms with Crippen molar-refractivity contribution in [2.24, 2.45) is 4.99 Å². The van der Waals surface area contributed by atoms with E-state index in [1.165, 1.54) is 24.4 Å². The van der Waals surface area contributed by atoms with Crippen molar-refractivity contribution in [1.29, 1.82) is 0 Å². The smallest absolute Gasteiger partial charge is 0.222 e. The van der Waals surface area contributed by atoms with Crippen molar-refractivity contribution in [2.45, 2.75) is 49.6 Å². The quantitative estimate of drug-likeness (QED) is 0.574. The predicted molar refractivity (Wildman–Crippen MR) is 125 cm³/mol. The lowest BCUT2D eigenvalue weighted by Crippen LogP contribution is -2.29. The molecule has 34 heavy (non-hydrogen) atoms. The average Bonchev–Trinajstić information content (AvgIpc) is 2.75. The van der Waals surface area contributed by atoms with Gasteiger partial charge in [0.1, 0.15) is 6.04 Å². The van der Waals surface area contributed by atoms with E-state index in [1.54, 1.807) is 26.0 Å². The van der Waals surface area contributed by atoms with Crippen molar-refractivity contribution in [1.82, 2.24) is 0 Å². The zero-order valence-corrected chi connectivity index (χ0v) is 20.0. The summed E-state index contributed by atoms with van der Waals surface area (Å²) in [5, 5.41) is 9.99. The summed E-state index contributed by atoms with van der Waals surface area (Å²) < 4.78 is 56.0. The molecule has 9 heteroatoms. The van der Waals surface area contributed by atoms with Gasteiger partial charge in [0.15, 0.2) is 27.2 Å². The molecule has 0 aromatic heterocycles. The highest BCUT2D eigenvalue weighted by Gasteiger charge is 2.30. The first-order chi connectivity index (χ1) is 15.8. The monoisotopic (exact) mass is 491 g/mol. The number of carbonyl (C=O) groups is 1. The fraction of sp³-hybridized carbons (Fsp3) is 0.360. The van der Waals surface area contributed by atoms with Gasteiger partial charge in [-0.1, -0.05) is 18.2 Å². The van der Waals surface area contributed by atoms with Gasteiger partial charge in [-0.05, 0) is 62.1 Å². The van der Waals surface area contributed by atoms with E-state index >= 15 is 0 Å². The summed E-state index contributed by atoms with van der Waals surface area (Å²) in [6, 6.07) is 8.86. The van der Waals surface area contributed by atoms with Gasteiger partial charge in [0, 0.05) is 24.5 Å². The topological polar surface area (TPSA) is 93.0 Å². The molecule has 0 radical (unpaired) electrons. The molecular weight excluding hydrogens is 464 g/mol. The Morgan fingerprint density at radius 2 is 1.76 bits per heavy atom. The Morgan fingerprint density at radius 1 is 1.09 bits per heavy atom. The van der Waals surface area contributed by atoms with Crippen LogP contribution >= 0.6 is 0 Å². The molecule has 0 saturated heterocycles. The van der Waals surface area contributed by atoms with Crippen LogP contribution in [0.5, 0.6) is 0 Å². The van der Waals surface area contributed by atoms with Crippen LogP contribution in [-0.4, -0.2) is 50.0 Å². The predicted octanol–water partition coefficient (Wildman–Crippen LogP) is 3.91. The molecule has 3 rings (SSSR count). The van der Waals surface area contributed by atoms with Gasteiger partial charge in [0.2, 0.25) is 5.78 Å². The van der Waals surface area contributed by atoms with Gasteiger partial charge < -0.3 is 9.84 Å². The Balaban J connectivity index is 1.85. The fourth-order valence-corrected chi connectivity index (χ4v) is 4.05. The molecule has 0 aliphatic carbocycles. The second kappa shape index (κ2) is 10.1. The summed E-state index contributed by atoms with van der Waals surface area (Å²) in [6.45, 7) is 3.34. The first-order valence-electron chi connectivity index (χ1n) is 10.8. The van der Waals surface area contributed by atoms with Crippen molar-refractivity contribution in [2.75, 3.05) is 12.9 Å². The third kappa shape index (κ3) is 6.57. The minimum atomic E-state index is -3.38. The summed E-state index contributed by atoms with van der Waals surface area (Å²) in [5.41, 5.74) is 0.514. The molecule has 1 heterocycles. The van der Waals surface area contributed by atoms with Gasteiger partial charge in [-0.15, -0.1) is 0 Å². The fourth-order valence-electron chi connectivity index (χ4n) is 3.42. The number of aliphatic hydroxyl groups is 1. The number of rotatable bonds is 9. The molecule has 1 aliphatic rings. The number of ketones is 1. The van der Waals surface area contributed by atoms with E-state index in [2.05, 4.69) is 4.99 Å². The maximum Gasteiger partial charge on any atom is 0.222 e. The van der Waals surface area contributed by atoms with Crippen LogP contribution in [0, 0.1) is 11.6 Å². The van der Waals surface area contributed by atoms with Crippen LogP contribution in [0.15, 0.2) is 58.1 Å². The second-order valence-electron chi connectivity index (χ2n) is 8.90. The van der Waals surface area contributed by atoms with Gasteiger partial charge in [-0.3, -0.25) is 9.79 Å². The number of Topliss-reactive ketones (excluding diaryl/α,β-unsaturated/α-hetero) is 1. The number of allylic oxidation sites excluding steroid dienone is 1. The SMILES string of the molecule is CC(C)(O)CCOC1=C(c2ccc(S(C)(=O)=O)cc2)C=NC(CCc2ccc(F)c(F)c2)C1=O. The lowest BCUT2D eigenvalue weighted by molar-refractivity contribution is -0.120. The highest BCUT2D eigenvalue weighted by Crippen LogP contribution is 2.27. The average molecular weight is 492 g/mol. The van der Waals surface area contributed by atoms with E-state index in [4.69, 9.17) is 4.74 Å². The zero-order valence-electron chi connectivity index (χ0n) is 19.2. The number of nitrogens with zero attached hydrogens (tertiary/aromatic N) is 1. The van der Waals surface area contributed by atoms with Crippen LogP contribution in [0.1, 0.15) is 37.8 Å². The Morgan fingerprint density at radius 3 is 2.35 bits per heavy atom. The molecule has 2 aromatic rings. The van der Waals surface area contributed by atoms with E-state index in [0.717, 1.165) is 18.4 Å². The molecule has 0 bridgehead atoms. The largest absolute Gasteiger partial charge is 0.489 e. The highest BCUT2D eigenvalue weighted by molar-refractivity contribution is 7.90. The molecule has 1 unspecified atom stereocenters. The normalized spacial score (nSPS) is 16.8. The maximum atomic E-state index is 13.5. The summed E-state index contributed by atoms with van der Waals surface area (Å²) in [4.78, 5) is 17.7. The maximum absolute atomic E-state index is 13.5. The molecular formula is C25H27F2NO5S. The summed E-state index contributed by atoms with van der Waals surface area (Å²) in [6.07, 6.45) is 3.46. The van der Waals surface area contributed by atoms with E-state index in [9.17, 15) is 27.1 Å². The molecule has 182 valence electrons. The number of hydrogen-bond donors (Lipinski definition) is 1. The molecule has 0 spiro atoms. The molecule has 0 saturated carbocycles. The number of aliphatic imine (C=N–C) groups is 1. The van der Waals surface area contributed by atoms with Gasteiger partial charge in [-0.2, -0.15) is 0 Å². The number of benzene rings is 2. The van der Waals surface area contributed by atoms with Crippen LogP contribution < -0.4 is 0 Å². The third-order valence-electron chi connectivity index (χ3n) is 5.40. The molecule has 6 nitrogen and oxygen atoms in total. The van der Waals surface area contributed by atoms with Crippen LogP contribution in [0.4, 0.5) is 8.78 Å². The molecule has 0 amide bonds. The minimum absolute atomic E-state index is 0.0710. The molecule has 1 atom stereocenters.